The third-order valence-corrected chi connectivity index (χ3v) is 6.71. The molecule has 1 aromatic carbocycles. The van der Waals surface area contributed by atoms with Crippen molar-refractivity contribution in [1.29, 1.82) is 0 Å². The van der Waals surface area contributed by atoms with Gasteiger partial charge >= 0.3 is 6.03 Å². The molecular weight excluding hydrogens is 464 g/mol. The van der Waals surface area contributed by atoms with E-state index in [9.17, 15) is 4.79 Å². The van der Waals surface area contributed by atoms with Gasteiger partial charge in [-0.3, -0.25) is 4.90 Å². The second kappa shape index (κ2) is 11.8. The van der Waals surface area contributed by atoms with E-state index < -0.39 is 0 Å². The van der Waals surface area contributed by atoms with E-state index in [1.165, 1.54) is 0 Å². The van der Waals surface area contributed by atoms with Crippen molar-refractivity contribution in [2.45, 2.75) is 4.90 Å². The number of halogens is 1. The number of benzene rings is 1. The van der Waals surface area contributed by atoms with E-state index >= 15 is 0 Å². The van der Waals surface area contributed by atoms with Gasteiger partial charge in [0.15, 0.2) is 5.82 Å². The molecule has 0 bridgehead atoms. The summed E-state index contributed by atoms with van der Waals surface area (Å²) in [5, 5.41) is 6.20. The van der Waals surface area contributed by atoms with Gasteiger partial charge in [0.2, 0.25) is 0 Å². The van der Waals surface area contributed by atoms with Crippen LogP contribution >= 0.6 is 23.4 Å². The normalized spacial score (nSPS) is 17.1. The van der Waals surface area contributed by atoms with Crippen molar-refractivity contribution in [3.8, 4) is 11.4 Å². The lowest BCUT2D eigenvalue weighted by atomic mass is 10.2. The number of hydrogen-bond acceptors (Lipinski definition) is 8. The predicted molar refractivity (Wildman–Crippen MR) is 132 cm³/mol. The molecule has 2 amide bonds. The number of aromatic nitrogens is 2. The van der Waals surface area contributed by atoms with E-state index in [0.29, 0.717) is 36.4 Å². The highest BCUT2D eigenvalue weighted by atomic mass is 35.5. The summed E-state index contributed by atoms with van der Waals surface area (Å²) < 4.78 is 10.8. The Bertz CT molecular complexity index is 936. The number of rotatable bonds is 7. The van der Waals surface area contributed by atoms with Crippen LogP contribution in [-0.2, 0) is 9.47 Å². The fourth-order valence-electron chi connectivity index (χ4n) is 3.74. The molecule has 2 N–H and O–H groups in total. The number of urea groups is 1. The van der Waals surface area contributed by atoms with Crippen molar-refractivity contribution in [2.24, 2.45) is 0 Å². The van der Waals surface area contributed by atoms with Crippen LogP contribution < -0.4 is 15.5 Å². The molecule has 178 valence electrons. The van der Waals surface area contributed by atoms with Crippen molar-refractivity contribution in [1.82, 2.24) is 20.2 Å². The molecule has 2 saturated heterocycles. The smallest absolute Gasteiger partial charge is 0.319 e. The van der Waals surface area contributed by atoms with Crippen LogP contribution in [0.2, 0.25) is 5.15 Å². The van der Waals surface area contributed by atoms with Crippen molar-refractivity contribution in [3.05, 3.63) is 29.4 Å². The van der Waals surface area contributed by atoms with Crippen LogP contribution in [0.4, 0.5) is 16.3 Å². The quantitative estimate of drug-likeness (QED) is 0.450. The number of carbonyl (C=O) groups excluding carboxylic acids is 1. The number of anilines is 2. The molecule has 2 aliphatic rings. The Balaban J connectivity index is 1.38. The number of nitrogens with one attached hydrogen (secondary N) is 2. The summed E-state index contributed by atoms with van der Waals surface area (Å²) in [6.07, 6.45) is 1.97. The van der Waals surface area contributed by atoms with Crippen LogP contribution in [0.3, 0.4) is 0 Å². The van der Waals surface area contributed by atoms with Crippen LogP contribution in [0, 0.1) is 0 Å². The lowest BCUT2D eigenvalue weighted by Gasteiger charge is -2.29. The molecule has 0 saturated carbocycles. The van der Waals surface area contributed by atoms with Gasteiger partial charge in [0.05, 0.1) is 31.3 Å². The minimum absolute atomic E-state index is 0.228. The van der Waals surface area contributed by atoms with Crippen LogP contribution in [0.15, 0.2) is 29.2 Å². The third-order valence-electron chi connectivity index (χ3n) is 5.54. The molecule has 2 aliphatic heterocycles. The Morgan fingerprint density at radius 3 is 2.39 bits per heavy atom. The summed E-state index contributed by atoms with van der Waals surface area (Å²) >= 11 is 8.04. The van der Waals surface area contributed by atoms with Crippen LogP contribution in [0.25, 0.3) is 11.4 Å². The first-order valence-corrected chi connectivity index (χ1v) is 12.6. The van der Waals surface area contributed by atoms with Crippen LogP contribution in [0.5, 0.6) is 0 Å². The largest absolute Gasteiger partial charge is 0.379 e. The molecule has 2 aromatic rings. The zero-order valence-corrected chi connectivity index (χ0v) is 20.3. The SMILES string of the molecule is CSc1c(Cl)nc(-c2ccc(NC(=O)NCCN3CCOCC3)cc2)nc1N1CCOCC1. The average molecular weight is 493 g/mol. The summed E-state index contributed by atoms with van der Waals surface area (Å²) in [6.45, 7) is 7.58. The van der Waals surface area contributed by atoms with E-state index in [-0.39, 0.29) is 6.03 Å². The molecule has 1 aromatic heterocycles. The van der Waals surface area contributed by atoms with Crippen LogP contribution in [-0.4, -0.2) is 92.9 Å². The molecule has 0 unspecified atom stereocenters. The maximum atomic E-state index is 12.2. The summed E-state index contributed by atoms with van der Waals surface area (Å²) in [7, 11) is 0. The van der Waals surface area contributed by atoms with E-state index in [2.05, 4.69) is 25.4 Å². The second-order valence-electron chi connectivity index (χ2n) is 7.71. The molecule has 2 fully saturated rings. The molecule has 33 heavy (non-hydrogen) atoms. The van der Waals surface area contributed by atoms with Gasteiger partial charge in [-0.2, -0.15) is 0 Å². The Morgan fingerprint density at radius 2 is 1.73 bits per heavy atom. The first-order valence-electron chi connectivity index (χ1n) is 11.0. The molecule has 0 spiro atoms. The van der Waals surface area contributed by atoms with Crippen molar-refractivity contribution < 1.29 is 14.3 Å². The highest BCUT2D eigenvalue weighted by Crippen LogP contribution is 2.35. The first-order chi connectivity index (χ1) is 16.1. The van der Waals surface area contributed by atoms with Crippen molar-refractivity contribution in [3.63, 3.8) is 0 Å². The van der Waals surface area contributed by atoms with Crippen molar-refractivity contribution in [2.75, 3.05) is 82.2 Å². The van der Waals surface area contributed by atoms with E-state index in [1.54, 1.807) is 11.8 Å². The van der Waals surface area contributed by atoms with E-state index in [4.69, 9.17) is 26.1 Å². The Morgan fingerprint density at radius 1 is 1.06 bits per heavy atom. The first kappa shape index (κ1) is 24.0. The van der Waals surface area contributed by atoms with Gasteiger partial charge in [0.1, 0.15) is 11.0 Å². The third kappa shape index (κ3) is 6.48. The van der Waals surface area contributed by atoms with E-state index in [0.717, 1.165) is 62.2 Å². The minimum Gasteiger partial charge on any atom is -0.379 e. The van der Waals surface area contributed by atoms with E-state index in [1.807, 2.05) is 30.5 Å². The zero-order valence-electron chi connectivity index (χ0n) is 18.7. The Labute approximate surface area is 203 Å². The number of thioether (sulfide) groups is 1. The van der Waals surface area contributed by atoms with Gasteiger partial charge in [-0.05, 0) is 30.5 Å². The number of nitrogens with zero attached hydrogens (tertiary/aromatic N) is 4. The molecular formula is C22H29ClN6O3S. The summed E-state index contributed by atoms with van der Waals surface area (Å²) in [5.41, 5.74) is 1.53. The lowest BCUT2D eigenvalue weighted by molar-refractivity contribution is 0.0388. The standard InChI is InChI=1S/C22H29ClN6O3S/c1-33-18-19(23)26-20(27-21(18)29-10-14-32-15-11-29)16-2-4-17(5-3-16)25-22(30)24-6-7-28-8-12-31-13-9-28/h2-5H,6-15H2,1H3,(H2,24,25,30). The molecule has 0 atom stereocenters. The molecule has 11 heteroatoms. The fourth-order valence-corrected chi connectivity index (χ4v) is 4.70. The maximum absolute atomic E-state index is 12.2. The highest BCUT2D eigenvalue weighted by Gasteiger charge is 2.21. The van der Waals surface area contributed by atoms with Crippen molar-refractivity contribution >= 4 is 40.9 Å². The molecule has 9 nitrogen and oxygen atoms in total. The number of morpholine rings is 2. The second-order valence-corrected chi connectivity index (χ2v) is 8.88. The summed E-state index contributed by atoms with van der Waals surface area (Å²) in [4.78, 5) is 26.9. The zero-order chi connectivity index (χ0) is 23.0. The molecule has 4 rings (SSSR count). The minimum atomic E-state index is -0.228. The lowest BCUT2D eigenvalue weighted by Crippen LogP contribution is -2.42. The Kier molecular flexibility index (Phi) is 8.63. The van der Waals surface area contributed by atoms with Gasteiger partial charge in [-0.25, -0.2) is 14.8 Å². The fraction of sp³-hybridized carbons (Fsp3) is 0.500. The summed E-state index contributed by atoms with van der Waals surface area (Å²) in [5.74, 6) is 1.39. The molecule has 3 heterocycles. The monoisotopic (exact) mass is 492 g/mol. The van der Waals surface area contributed by atoms with Gasteiger partial charge < -0.3 is 25.0 Å². The molecule has 0 radical (unpaired) electrons. The van der Waals surface area contributed by atoms with Gasteiger partial charge in [0.25, 0.3) is 0 Å². The topological polar surface area (TPSA) is 91.9 Å². The van der Waals surface area contributed by atoms with Gasteiger partial charge in [-0.1, -0.05) is 11.6 Å². The number of amides is 2. The molecule has 0 aliphatic carbocycles. The maximum Gasteiger partial charge on any atom is 0.319 e. The average Bonchev–Trinajstić information content (AvgIpc) is 2.85. The van der Waals surface area contributed by atoms with Gasteiger partial charge in [0, 0.05) is 50.5 Å². The van der Waals surface area contributed by atoms with Crippen LogP contribution in [0.1, 0.15) is 0 Å². The summed E-state index contributed by atoms with van der Waals surface area (Å²) in [6, 6.07) is 7.22. The number of carbonyl (C=O) groups is 1. The predicted octanol–water partition coefficient (Wildman–Crippen LogP) is 2.81. The Hall–Kier alpha value is -2.11. The number of hydrogen-bond donors (Lipinski definition) is 2. The number of ether oxygens (including phenoxy) is 2. The van der Waals surface area contributed by atoms with Gasteiger partial charge in [-0.15, -0.1) is 11.8 Å². The highest BCUT2D eigenvalue weighted by molar-refractivity contribution is 7.98.